The number of quaternary nitrogens is 1. The lowest BCUT2D eigenvalue weighted by Crippen LogP contribution is -2.61. The summed E-state index contributed by atoms with van der Waals surface area (Å²) in [5.41, 5.74) is 0. The third kappa shape index (κ3) is 2.05. The Morgan fingerprint density at radius 2 is 2.21 bits per heavy atom. The molecule has 1 aliphatic rings. The Labute approximate surface area is 85.1 Å². The van der Waals surface area contributed by atoms with E-state index in [1.54, 1.807) is 0 Å². The average molecular weight is 201 g/mol. The second-order valence-electron chi connectivity index (χ2n) is 4.52. The highest BCUT2D eigenvalue weighted by Crippen LogP contribution is 2.21. The highest BCUT2D eigenvalue weighted by molar-refractivity contribution is 5.65. The van der Waals surface area contributed by atoms with Crippen molar-refractivity contribution in [2.24, 2.45) is 0 Å². The van der Waals surface area contributed by atoms with E-state index in [1.807, 2.05) is 28.2 Å². The molecule has 0 spiro atoms. The lowest BCUT2D eigenvalue weighted by molar-refractivity contribution is -0.932. The molecule has 0 aromatic carbocycles. The smallest absolute Gasteiger partial charge is 0.204 e. The minimum absolute atomic E-state index is 0.0766. The van der Waals surface area contributed by atoms with Gasteiger partial charge in [-0.25, -0.2) is 9.80 Å². The van der Waals surface area contributed by atoms with Gasteiger partial charge in [-0.05, 0) is 21.1 Å². The summed E-state index contributed by atoms with van der Waals surface area (Å²) < 4.78 is 0.506. The van der Waals surface area contributed by atoms with E-state index >= 15 is 0 Å². The maximum absolute atomic E-state index is 10.7. The predicted octanol–water partition coefficient (Wildman–Crippen LogP) is -2.03. The van der Waals surface area contributed by atoms with Crippen molar-refractivity contribution in [1.29, 1.82) is 0 Å². The van der Waals surface area contributed by atoms with Crippen LogP contribution in [0.25, 0.3) is 0 Å². The molecule has 0 saturated carbocycles. The van der Waals surface area contributed by atoms with Crippen LogP contribution in [0.15, 0.2) is 0 Å². The summed E-state index contributed by atoms with van der Waals surface area (Å²) in [5.74, 6) is -0.977. The third-order valence-corrected chi connectivity index (χ3v) is 2.87. The van der Waals surface area contributed by atoms with Gasteiger partial charge in [0.15, 0.2) is 0 Å². The number of carboxylic acid groups (broad SMARTS) is 1. The van der Waals surface area contributed by atoms with Gasteiger partial charge in [-0.15, -0.1) is 0 Å². The fourth-order valence-electron chi connectivity index (χ4n) is 2.50. The van der Waals surface area contributed by atoms with E-state index in [2.05, 4.69) is 9.80 Å². The predicted molar refractivity (Wildman–Crippen MR) is 51.0 cm³/mol. The number of hydrogen-bond acceptors (Lipinski definition) is 4. The van der Waals surface area contributed by atoms with Crippen molar-refractivity contribution >= 4 is 5.97 Å². The number of carbonyl (C=O) groups excluding carboxylic acids is 1. The van der Waals surface area contributed by atoms with Crippen LogP contribution in [0.3, 0.4) is 0 Å². The zero-order valence-corrected chi connectivity index (χ0v) is 9.36. The SMILES string of the molecule is CN(C)C1N(C)CC[N+]1(C)CC(=O)[O-]. The van der Waals surface area contributed by atoms with E-state index in [0.29, 0.717) is 4.48 Å². The molecule has 2 unspecified atom stereocenters. The topological polar surface area (TPSA) is 46.6 Å². The fraction of sp³-hybridized carbons (Fsp3) is 0.889. The molecule has 0 N–H and O–H groups in total. The van der Waals surface area contributed by atoms with Crippen molar-refractivity contribution in [1.82, 2.24) is 9.80 Å². The average Bonchev–Trinajstić information content (AvgIpc) is 2.24. The lowest BCUT2D eigenvalue weighted by atomic mass is 10.4. The van der Waals surface area contributed by atoms with Crippen LogP contribution in [0.1, 0.15) is 0 Å². The van der Waals surface area contributed by atoms with Gasteiger partial charge in [-0.3, -0.25) is 4.48 Å². The van der Waals surface area contributed by atoms with Crippen LogP contribution in [-0.2, 0) is 4.79 Å². The summed E-state index contributed by atoms with van der Waals surface area (Å²) in [4.78, 5) is 14.9. The second kappa shape index (κ2) is 3.84. The van der Waals surface area contributed by atoms with Gasteiger partial charge in [0, 0.05) is 0 Å². The van der Waals surface area contributed by atoms with E-state index in [-0.39, 0.29) is 12.8 Å². The molecule has 0 aromatic heterocycles. The van der Waals surface area contributed by atoms with Crippen molar-refractivity contribution < 1.29 is 14.4 Å². The van der Waals surface area contributed by atoms with Crippen LogP contribution < -0.4 is 5.11 Å². The number of aliphatic carboxylic acids is 1. The molecule has 0 aliphatic carbocycles. The standard InChI is InChI=1S/C9H19N3O2/c1-10(2)9-11(3)5-6-12(9,4)7-8(13)14/h9H,5-7H2,1-4H3. The van der Waals surface area contributed by atoms with Gasteiger partial charge < -0.3 is 9.90 Å². The maximum atomic E-state index is 10.7. The molecule has 82 valence electrons. The molecule has 0 aromatic rings. The second-order valence-corrected chi connectivity index (χ2v) is 4.52. The maximum Gasteiger partial charge on any atom is 0.204 e. The molecule has 1 aliphatic heterocycles. The van der Waals surface area contributed by atoms with E-state index in [4.69, 9.17) is 0 Å². The highest BCUT2D eigenvalue weighted by atomic mass is 16.4. The molecule has 1 saturated heterocycles. The van der Waals surface area contributed by atoms with Crippen molar-refractivity contribution in [2.75, 3.05) is 47.8 Å². The van der Waals surface area contributed by atoms with Crippen molar-refractivity contribution in [2.45, 2.75) is 6.29 Å². The van der Waals surface area contributed by atoms with Crippen LogP contribution in [0.2, 0.25) is 0 Å². The van der Waals surface area contributed by atoms with Crippen LogP contribution in [0, 0.1) is 0 Å². The van der Waals surface area contributed by atoms with Gasteiger partial charge >= 0.3 is 0 Å². The number of nitrogens with zero attached hydrogens (tertiary/aromatic N) is 3. The Balaban J connectivity index is 2.81. The third-order valence-electron chi connectivity index (χ3n) is 2.87. The summed E-state index contributed by atoms with van der Waals surface area (Å²) in [6, 6.07) is 0. The molecule has 5 nitrogen and oxygen atoms in total. The minimum atomic E-state index is -0.977. The molecule has 1 fully saturated rings. The molecular weight excluding hydrogens is 182 g/mol. The molecule has 1 heterocycles. The van der Waals surface area contributed by atoms with E-state index in [1.165, 1.54) is 0 Å². The van der Waals surface area contributed by atoms with Crippen molar-refractivity contribution in [3.8, 4) is 0 Å². The highest BCUT2D eigenvalue weighted by Gasteiger charge is 2.43. The van der Waals surface area contributed by atoms with Gasteiger partial charge in [0.25, 0.3) is 0 Å². The molecule has 2 atom stereocenters. The molecular formula is C9H19N3O2. The zero-order valence-electron chi connectivity index (χ0n) is 9.36. The monoisotopic (exact) mass is 201 g/mol. The van der Waals surface area contributed by atoms with Crippen molar-refractivity contribution in [3.05, 3.63) is 0 Å². The fourth-order valence-corrected chi connectivity index (χ4v) is 2.50. The molecule has 0 radical (unpaired) electrons. The minimum Gasteiger partial charge on any atom is -0.544 e. The largest absolute Gasteiger partial charge is 0.544 e. The Kier molecular flexibility index (Phi) is 3.14. The van der Waals surface area contributed by atoms with Crippen molar-refractivity contribution in [3.63, 3.8) is 0 Å². The van der Waals surface area contributed by atoms with Crippen LogP contribution in [-0.4, -0.2) is 74.4 Å². The Morgan fingerprint density at radius 3 is 2.64 bits per heavy atom. The molecule has 1 rings (SSSR count). The van der Waals surface area contributed by atoms with Crippen LogP contribution in [0.4, 0.5) is 0 Å². The quantitative estimate of drug-likeness (QED) is 0.494. The van der Waals surface area contributed by atoms with Gasteiger partial charge in [0.2, 0.25) is 6.29 Å². The van der Waals surface area contributed by atoms with Gasteiger partial charge in [0.1, 0.15) is 6.54 Å². The van der Waals surface area contributed by atoms with Gasteiger partial charge in [-0.2, -0.15) is 0 Å². The first kappa shape index (κ1) is 11.4. The van der Waals surface area contributed by atoms with E-state index < -0.39 is 5.97 Å². The summed E-state index contributed by atoms with van der Waals surface area (Å²) in [7, 11) is 7.92. The van der Waals surface area contributed by atoms with E-state index in [0.717, 1.165) is 13.1 Å². The first-order valence-corrected chi connectivity index (χ1v) is 4.77. The molecule has 0 bridgehead atoms. The number of hydrogen-bond donors (Lipinski definition) is 0. The number of carbonyl (C=O) groups is 1. The summed E-state index contributed by atoms with van der Waals surface area (Å²) in [5, 5.41) is 10.7. The molecule has 14 heavy (non-hydrogen) atoms. The molecule has 5 heteroatoms. The van der Waals surface area contributed by atoms with Gasteiger partial charge in [0.05, 0.1) is 26.1 Å². The number of rotatable bonds is 3. The normalized spacial score (nSPS) is 33.9. The number of likely N-dealkylation sites (N-methyl/N-ethyl adjacent to an activating group) is 2. The summed E-state index contributed by atoms with van der Waals surface area (Å²) in [6.07, 6.45) is 0.132. The Bertz CT molecular complexity index is 232. The Morgan fingerprint density at radius 1 is 1.64 bits per heavy atom. The first-order chi connectivity index (χ1) is 6.37. The van der Waals surface area contributed by atoms with E-state index in [9.17, 15) is 9.90 Å². The van der Waals surface area contributed by atoms with Crippen LogP contribution in [0.5, 0.6) is 0 Å². The first-order valence-electron chi connectivity index (χ1n) is 4.77. The zero-order chi connectivity index (χ0) is 10.9. The number of carboxylic acids is 1. The summed E-state index contributed by atoms with van der Waals surface area (Å²) in [6.45, 7) is 1.85. The van der Waals surface area contributed by atoms with Gasteiger partial charge in [-0.1, -0.05) is 0 Å². The lowest BCUT2D eigenvalue weighted by Gasteiger charge is -2.40. The van der Waals surface area contributed by atoms with Crippen LogP contribution >= 0.6 is 0 Å². The Hall–Kier alpha value is -0.650. The molecule has 0 amide bonds. The summed E-state index contributed by atoms with van der Waals surface area (Å²) >= 11 is 0.